The summed E-state index contributed by atoms with van der Waals surface area (Å²) in [6, 6.07) is 22.3. The highest BCUT2D eigenvalue weighted by Gasteiger charge is 2.49. The lowest BCUT2D eigenvalue weighted by molar-refractivity contribution is -0.194. The van der Waals surface area contributed by atoms with Crippen LogP contribution in [0.4, 0.5) is 4.39 Å². The molecule has 1 aromatic heterocycles. The first-order valence-electron chi connectivity index (χ1n) is 10.8. The van der Waals surface area contributed by atoms with Gasteiger partial charge >= 0.3 is 0 Å². The smallest absolute Gasteiger partial charge is 0.275 e. The molecular weight excluding hydrogens is 499 g/mol. The minimum absolute atomic E-state index is 0.296. The summed E-state index contributed by atoms with van der Waals surface area (Å²) in [6.45, 7) is 3.88. The van der Waals surface area contributed by atoms with E-state index in [1.54, 1.807) is 23.1 Å². The molecular formula is C26H22BrFN4O2. The van der Waals surface area contributed by atoms with Crippen molar-refractivity contribution in [3.63, 3.8) is 0 Å². The average molecular weight is 521 g/mol. The topological polar surface area (TPSA) is 61.5 Å². The summed E-state index contributed by atoms with van der Waals surface area (Å²) in [5.74, 6) is -0.634. The Morgan fingerprint density at radius 2 is 1.71 bits per heavy atom. The Hall–Kier alpha value is -3.52. The molecule has 2 unspecified atom stereocenters. The molecule has 0 bridgehead atoms. The van der Waals surface area contributed by atoms with Crippen molar-refractivity contribution in [1.29, 1.82) is 0 Å². The molecule has 2 atom stereocenters. The predicted molar refractivity (Wildman–Crippen MR) is 131 cm³/mol. The third kappa shape index (κ3) is 4.09. The van der Waals surface area contributed by atoms with E-state index in [4.69, 9.17) is 9.57 Å². The molecule has 34 heavy (non-hydrogen) atoms. The Bertz CT molecular complexity index is 1330. The van der Waals surface area contributed by atoms with E-state index < -0.39 is 11.3 Å². The Morgan fingerprint density at radius 3 is 2.41 bits per heavy atom. The van der Waals surface area contributed by atoms with Crippen LogP contribution in [-0.2, 0) is 10.4 Å². The second-order valence-corrected chi connectivity index (χ2v) is 9.40. The molecule has 0 saturated carbocycles. The molecule has 8 heteroatoms. The van der Waals surface area contributed by atoms with Crippen molar-refractivity contribution >= 4 is 21.6 Å². The zero-order chi connectivity index (χ0) is 23.8. The van der Waals surface area contributed by atoms with Crippen molar-refractivity contribution in [1.82, 2.24) is 14.8 Å². The second-order valence-electron chi connectivity index (χ2n) is 8.55. The molecule has 0 N–H and O–H groups in total. The van der Waals surface area contributed by atoms with Crippen LogP contribution < -0.4 is 4.74 Å². The quantitative estimate of drug-likeness (QED) is 0.315. The summed E-state index contributed by atoms with van der Waals surface area (Å²) >= 11 is 3.25. The molecule has 0 spiro atoms. The van der Waals surface area contributed by atoms with E-state index in [-0.39, 0.29) is 5.82 Å². The van der Waals surface area contributed by atoms with Crippen molar-refractivity contribution in [3.05, 3.63) is 101 Å². The number of ether oxygens (including phenoxy) is 1. The molecule has 0 saturated heterocycles. The molecule has 0 amide bonds. The van der Waals surface area contributed by atoms with Crippen LogP contribution in [0.15, 0.2) is 95.1 Å². The SMILES string of the molecule is CC1(Oc2ccccc2)CC(C)(n2cncn2)C(c2ccc(-c3cccc(Br)c3F)cc2)=NO1. The lowest BCUT2D eigenvalue weighted by atomic mass is 9.83. The van der Waals surface area contributed by atoms with Gasteiger partial charge in [0.2, 0.25) is 0 Å². The van der Waals surface area contributed by atoms with Gasteiger partial charge in [-0.05, 0) is 46.6 Å². The first kappa shape index (κ1) is 22.3. The Morgan fingerprint density at radius 1 is 0.971 bits per heavy atom. The summed E-state index contributed by atoms with van der Waals surface area (Å²) in [7, 11) is 0. The summed E-state index contributed by atoms with van der Waals surface area (Å²) in [5, 5.41) is 8.92. The van der Waals surface area contributed by atoms with Gasteiger partial charge in [-0.1, -0.05) is 59.8 Å². The number of nitrogens with zero attached hydrogens (tertiary/aromatic N) is 4. The zero-order valence-electron chi connectivity index (χ0n) is 18.7. The highest BCUT2D eigenvalue weighted by Crippen LogP contribution is 2.39. The van der Waals surface area contributed by atoms with Gasteiger partial charge in [-0.15, -0.1) is 0 Å². The highest BCUT2D eigenvalue weighted by atomic mass is 79.9. The van der Waals surface area contributed by atoms with Crippen LogP contribution in [-0.4, -0.2) is 26.3 Å². The number of oxime groups is 1. The van der Waals surface area contributed by atoms with Gasteiger partial charge in [0.15, 0.2) is 0 Å². The summed E-state index contributed by atoms with van der Waals surface area (Å²) in [5.41, 5.74) is 2.08. The van der Waals surface area contributed by atoms with Crippen LogP contribution in [0.2, 0.25) is 0 Å². The van der Waals surface area contributed by atoms with Gasteiger partial charge in [0.25, 0.3) is 5.79 Å². The lowest BCUT2D eigenvalue weighted by Gasteiger charge is -2.42. The van der Waals surface area contributed by atoms with E-state index in [9.17, 15) is 4.39 Å². The largest absolute Gasteiger partial charge is 0.450 e. The summed E-state index contributed by atoms with van der Waals surface area (Å²) < 4.78 is 23.0. The van der Waals surface area contributed by atoms with E-state index >= 15 is 0 Å². The normalized spacial score (nSPS) is 22.1. The highest BCUT2D eigenvalue weighted by molar-refractivity contribution is 9.10. The molecule has 3 aromatic carbocycles. The standard InChI is InChI=1S/C26H22BrFN4O2/c1-25(32-17-29-16-30-32)15-26(2,33-20-7-4-3-5-8-20)34-31-24(25)19-13-11-18(12-14-19)21-9-6-10-22(27)23(21)28/h3-14,16-17H,15H2,1-2H3. The van der Waals surface area contributed by atoms with Crippen molar-refractivity contribution in [3.8, 4) is 16.9 Å². The fraction of sp³-hybridized carbons (Fsp3) is 0.192. The van der Waals surface area contributed by atoms with Gasteiger partial charge in [0, 0.05) is 18.1 Å². The van der Waals surface area contributed by atoms with Crippen LogP contribution in [0.3, 0.4) is 0 Å². The maximum Gasteiger partial charge on any atom is 0.275 e. The van der Waals surface area contributed by atoms with Gasteiger partial charge in [-0.2, -0.15) is 5.10 Å². The maximum absolute atomic E-state index is 14.6. The van der Waals surface area contributed by atoms with Crippen molar-refractivity contribution in [2.24, 2.45) is 5.16 Å². The van der Waals surface area contributed by atoms with E-state index in [0.717, 1.165) is 11.1 Å². The van der Waals surface area contributed by atoms with Crippen molar-refractivity contribution in [2.45, 2.75) is 31.6 Å². The summed E-state index contributed by atoms with van der Waals surface area (Å²) in [4.78, 5) is 10.1. The van der Waals surface area contributed by atoms with E-state index in [1.165, 1.54) is 6.33 Å². The summed E-state index contributed by atoms with van der Waals surface area (Å²) in [6.07, 6.45) is 3.58. The van der Waals surface area contributed by atoms with Gasteiger partial charge in [0.05, 0.1) is 10.9 Å². The van der Waals surface area contributed by atoms with Gasteiger partial charge in [-0.25, -0.2) is 14.1 Å². The molecule has 1 aliphatic rings. The van der Waals surface area contributed by atoms with Crippen LogP contribution in [0.1, 0.15) is 25.8 Å². The number of aromatic nitrogens is 3. The van der Waals surface area contributed by atoms with Gasteiger partial charge < -0.3 is 9.57 Å². The number of halogens is 2. The van der Waals surface area contributed by atoms with E-state index in [1.807, 2.05) is 74.5 Å². The predicted octanol–water partition coefficient (Wildman–Crippen LogP) is 6.18. The molecule has 4 aromatic rings. The Kier molecular flexibility index (Phi) is 5.69. The first-order valence-corrected chi connectivity index (χ1v) is 11.6. The Balaban J connectivity index is 1.52. The maximum atomic E-state index is 14.6. The molecule has 2 heterocycles. The first-order chi connectivity index (χ1) is 16.4. The third-order valence-electron chi connectivity index (χ3n) is 5.93. The monoisotopic (exact) mass is 520 g/mol. The number of hydrogen-bond donors (Lipinski definition) is 0. The molecule has 5 rings (SSSR count). The van der Waals surface area contributed by atoms with Crippen LogP contribution >= 0.6 is 15.9 Å². The van der Waals surface area contributed by atoms with Crippen molar-refractivity contribution < 1.29 is 14.0 Å². The average Bonchev–Trinajstić information content (AvgIpc) is 3.38. The number of hydrogen-bond acceptors (Lipinski definition) is 5. The number of benzene rings is 3. The molecule has 0 fully saturated rings. The van der Waals surface area contributed by atoms with Crippen LogP contribution in [0, 0.1) is 5.82 Å². The molecule has 1 aliphatic heterocycles. The Labute approximate surface area is 205 Å². The minimum Gasteiger partial charge on any atom is -0.450 e. The number of para-hydroxylation sites is 1. The number of rotatable bonds is 5. The molecule has 0 aliphatic carbocycles. The lowest BCUT2D eigenvalue weighted by Crippen LogP contribution is -2.53. The molecule has 172 valence electrons. The van der Waals surface area contributed by atoms with Crippen LogP contribution in [0.25, 0.3) is 11.1 Å². The van der Waals surface area contributed by atoms with E-state index in [2.05, 4.69) is 31.2 Å². The van der Waals surface area contributed by atoms with Crippen molar-refractivity contribution in [2.75, 3.05) is 0 Å². The van der Waals surface area contributed by atoms with E-state index in [0.29, 0.717) is 27.9 Å². The molecule has 6 nitrogen and oxygen atoms in total. The fourth-order valence-electron chi connectivity index (χ4n) is 4.32. The second kappa shape index (κ2) is 8.68. The fourth-order valence-corrected chi connectivity index (χ4v) is 4.69. The van der Waals surface area contributed by atoms with Gasteiger partial charge in [-0.3, -0.25) is 0 Å². The third-order valence-corrected chi connectivity index (χ3v) is 6.54. The van der Waals surface area contributed by atoms with Crippen LogP contribution in [0.5, 0.6) is 5.75 Å². The zero-order valence-corrected chi connectivity index (χ0v) is 20.2. The molecule has 0 radical (unpaired) electrons. The van der Waals surface area contributed by atoms with Gasteiger partial charge in [0.1, 0.15) is 35.5 Å². The minimum atomic E-state index is -1.02.